The summed E-state index contributed by atoms with van der Waals surface area (Å²) in [4.78, 5) is 26.1. The minimum atomic E-state index is -0.422. The molecule has 1 aliphatic rings. The molecule has 0 unspecified atom stereocenters. The largest absolute Gasteiger partial charge is 0.419 e. The summed E-state index contributed by atoms with van der Waals surface area (Å²) < 4.78 is 6.74. The lowest BCUT2D eigenvalue weighted by atomic mass is 10.0. The van der Waals surface area contributed by atoms with Crippen LogP contribution in [0.25, 0.3) is 11.1 Å². The van der Waals surface area contributed by atoms with Gasteiger partial charge in [0.15, 0.2) is 5.58 Å². The van der Waals surface area contributed by atoms with Gasteiger partial charge in [-0.15, -0.1) is 0 Å². The predicted octanol–water partition coefficient (Wildman–Crippen LogP) is 1.87. The van der Waals surface area contributed by atoms with Crippen molar-refractivity contribution in [1.29, 1.82) is 0 Å². The van der Waals surface area contributed by atoms with Crippen LogP contribution >= 0.6 is 0 Å². The Labute approximate surface area is 170 Å². The van der Waals surface area contributed by atoms with Gasteiger partial charge in [0.05, 0.1) is 18.6 Å². The number of rotatable bonds is 7. The van der Waals surface area contributed by atoms with E-state index in [9.17, 15) is 9.59 Å². The Morgan fingerprint density at radius 1 is 1.00 bits per heavy atom. The van der Waals surface area contributed by atoms with E-state index in [-0.39, 0.29) is 12.3 Å². The summed E-state index contributed by atoms with van der Waals surface area (Å²) in [5.41, 5.74) is 3.75. The number of carbonyl (C=O) groups excluding carboxylic acids is 1. The third kappa shape index (κ3) is 4.77. The smallest absolute Gasteiger partial charge is 0.408 e. The fourth-order valence-electron chi connectivity index (χ4n) is 4.12. The monoisotopic (exact) mass is 394 g/mol. The molecule has 1 aromatic heterocycles. The molecule has 2 heterocycles. The zero-order valence-corrected chi connectivity index (χ0v) is 16.7. The lowest BCUT2D eigenvalue weighted by molar-refractivity contribution is -0.918. The normalized spacial score (nSPS) is 14.9. The van der Waals surface area contributed by atoms with Crippen molar-refractivity contribution in [2.45, 2.75) is 45.3 Å². The van der Waals surface area contributed by atoms with E-state index in [0.29, 0.717) is 18.7 Å². The molecule has 29 heavy (non-hydrogen) atoms. The second-order valence-electron chi connectivity index (χ2n) is 7.77. The molecule has 1 saturated heterocycles. The van der Waals surface area contributed by atoms with Crippen LogP contribution in [0.1, 0.15) is 36.8 Å². The Morgan fingerprint density at radius 2 is 1.72 bits per heavy atom. The van der Waals surface area contributed by atoms with Gasteiger partial charge in [-0.3, -0.25) is 9.36 Å². The number of aryl methyl sites for hydroxylation is 1. The highest BCUT2D eigenvalue weighted by Gasteiger charge is 2.16. The van der Waals surface area contributed by atoms with E-state index in [0.717, 1.165) is 12.1 Å². The molecule has 0 aliphatic carbocycles. The number of benzene rings is 2. The fourth-order valence-corrected chi connectivity index (χ4v) is 4.12. The van der Waals surface area contributed by atoms with Crippen molar-refractivity contribution in [3.05, 3.63) is 70.2 Å². The van der Waals surface area contributed by atoms with Crippen molar-refractivity contribution in [1.82, 2.24) is 9.88 Å². The maximum atomic E-state index is 12.4. The Kier molecular flexibility index (Phi) is 6.10. The number of amides is 1. The molecule has 6 nitrogen and oxygen atoms in total. The molecule has 0 radical (unpaired) electrons. The van der Waals surface area contributed by atoms with Crippen LogP contribution in [-0.4, -0.2) is 23.6 Å². The van der Waals surface area contributed by atoms with Crippen molar-refractivity contribution in [2.24, 2.45) is 0 Å². The molecule has 1 aliphatic heterocycles. The number of para-hydroxylation sites is 2. The van der Waals surface area contributed by atoms with Gasteiger partial charge in [-0.05, 0) is 37.0 Å². The van der Waals surface area contributed by atoms with Gasteiger partial charge >= 0.3 is 5.76 Å². The summed E-state index contributed by atoms with van der Waals surface area (Å²) in [5.74, 6) is -0.490. The van der Waals surface area contributed by atoms with Crippen molar-refractivity contribution >= 4 is 17.0 Å². The molecule has 1 amide bonds. The molecule has 4 rings (SSSR count). The molecule has 0 bridgehead atoms. The molecule has 2 N–H and O–H groups in total. The van der Waals surface area contributed by atoms with E-state index in [2.05, 4.69) is 23.5 Å². The zero-order chi connectivity index (χ0) is 20.1. The second-order valence-corrected chi connectivity index (χ2v) is 7.77. The van der Waals surface area contributed by atoms with E-state index in [1.54, 1.807) is 11.0 Å². The Balaban J connectivity index is 1.34. The first kappa shape index (κ1) is 19.5. The lowest BCUT2D eigenvalue weighted by Crippen LogP contribution is -3.11. The van der Waals surface area contributed by atoms with Crippen LogP contribution in [0.3, 0.4) is 0 Å². The lowest BCUT2D eigenvalue weighted by Gasteiger charge is -2.24. The molecule has 2 aromatic carbocycles. The first-order valence-electron chi connectivity index (χ1n) is 10.5. The third-order valence-electron chi connectivity index (χ3n) is 5.73. The molecule has 3 aromatic rings. The zero-order valence-electron chi connectivity index (χ0n) is 16.7. The van der Waals surface area contributed by atoms with Gasteiger partial charge in [0.1, 0.15) is 6.54 Å². The van der Waals surface area contributed by atoms with E-state index in [1.807, 2.05) is 24.3 Å². The SMILES string of the molecule is O=C(CCn1c(=O)oc2ccccc21)NCc1ccccc1C[NH+]1CCCCC1. The summed E-state index contributed by atoms with van der Waals surface area (Å²) in [6, 6.07) is 15.6. The molecular formula is C23H28N3O3+. The minimum Gasteiger partial charge on any atom is -0.408 e. The van der Waals surface area contributed by atoms with Gasteiger partial charge in [-0.2, -0.15) is 0 Å². The maximum absolute atomic E-state index is 12.4. The summed E-state index contributed by atoms with van der Waals surface area (Å²) in [6.45, 7) is 4.30. The fraction of sp³-hybridized carbons (Fsp3) is 0.391. The Bertz CT molecular complexity index is 1030. The number of hydrogen-bond donors (Lipinski definition) is 2. The van der Waals surface area contributed by atoms with Gasteiger partial charge in [0.25, 0.3) is 0 Å². The Hall–Kier alpha value is -2.86. The molecule has 6 heteroatoms. The van der Waals surface area contributed by atoms with E-state index < -0.39 is 5.76 Å². The van der Waals surface area contributed by atoms with E-state index in [4.69, 9.17) is 4.42 Å². The van der Waals surface area contributed by atoms with Gasteiger partial charge in [0.2, 0.25) is 5.91 Å². The molecule has 0 atom stereocenters. The van der Waals surface area contributed by atoms with Gasteiger partial charge in [-0.25, -0.2) is 4.79 Å². The number of likely N-dealkylation sites (tertiary alicyclic amines) is 1. The maximum Gasteiger partial charge on any atom is 0.419 e. The van der Waals surface area contributed by atoms with Gasteiger partial charge in [0, 0.05) is 25.1 Å². The molecule has 0 saturated carbocycles. The van der Waals surface area contributed by atoms with Gasteiger partial charge < -0.3 is 14.6 Å². The van der Waals surface area contributed by atoms with Crippen LogP contribution in [0.4, 0.5) is 0 Å². The highest BCUT2D eigenvalue weighted by molar-refractivity contribution is 5.76. The number of nitrogens with zero attached hydrogens (tertiary/aromatic N) is 1. The topological polar surface area (TPSA) is 68.7 Å². The number of oxazole rings is 1. The number of piperidine rings is 1. The van der Waals surface area contributed by atoms with E-state index in [1.165, 1.54) is 48.0 Å². The number of carbonyl (C=O) groups is 1. The van der Waals surface area contributed by atoms with Crippen LogP contribution in [0.2, 0.25) is 0 Å². The van der Waals surface area contributed by atoms with E-state index >= 15 is 0 Å². The minimum absolute atomic E-state index is 0.0673. The first-order valence-corrected chi connectivity index (χ1v) is 10.5. The summed E-state index contributed by atoms with van der Waals surface area (Å²) in [6.07, 6.45) is 4.19. The molecule has 152 valence electrons. The average molecular weight is 394 g/mol. The molecular weight excluding hydrogens is 366 g/mol. The second kappa shape index (κ2) is 9.09. The predicted molar refractivity (Wildman–Crippen MR) is 112 cm³/mol. The highest BCUT2D eigenvalue weighted by atomic mass is 16.4. The van der Waals surface area contributed by atoms with Crippen molar-refractivity contribution in [3.63, 3.8) is 0 Å². The van der Waals surface area contributed by atoms with Crippen LogP contribution in [0.15, 0.2) is 57.7 Å². The third-order valence-corrected chi connectivity index (χ3v) is 5.73. The average Bonchev–Trinajstić information content (AvgIpc) is 3.07. The molecule has 0 spiro atoms. The van der Waals surface area contributed by atoms with Crippen LogP contribution in [0.5, 0.6) is 0 Å². The highest BCUT2D eigenvalue weighted by Crippen LogP contribution is 2.12. The Morgan fingerprint density at radius 3 is 2.55 bits per heavy atom. The quantitative estimate of drug-likeness (QED) is 0.643. The van der Waals surface area contributed by atoms with Crippen LogP contribution < -0.4 is 16.0 Å². The number of aromatic nitrogens is 1. The number of hydrogen-bond acceptors (Lipinski definition) is 3. The van der Waals surface area contributed by atoms with Crippen molar-refractivity contribution < 1.29 is 14.1 Å². The number of fused-ring (bicyclic) bond motifs is 1. The van der Waals surface area contributed by atoms with Crippen LogP contribution in [-0.2, 0) is 24.4 Å². The van der Waals surface area contributed by atoms with Gasteiger partial charge in [-0.1, -0.05) is 36.4 Å². The summed E-state index contributed by atoms with van der Waals surface area (Å²) >= 11 is 0. The van der Waals surface area contributed by atoms with Crippen molar-refractivity contribution in [2.75, 3.05) is 13.1 Å². The standard InChI is InChI=1S/C23H27N3O3/c27-22(12-15-26-20-10-4-5-11-21(20)29-23(26)28)24-16-18-8-2-3-9-19(18)17-25-13-6-1-7-14-25/h2-5,8-11H,1,6-7,12-17H2,(H,24,27)/p+1. The van der Waals surface area contributed by atoms with Crippen molar-refractivity contribution in [3.8, 4) is 0 Å². The first-order chi connectivity index (χ1) is 14.2. The number of nitrogens with one attached hydrogen (secondary N) is 2. The van der Waals surface area contributed by atoms with Crippen LogP contribution in [0, 0.1) is 0 Å². The molecule has 1 fully saturated rings. The summed E-state index contributed by atoms with van der Waals surface area (Å²) in [5, 5.41) is 3.01. The summed E-state index contributed by atoms with van der Waals surface area (Å²) in [7, 11) is 0. The number of quaternary nitrogens is 1.